The molecule has 0 bridgehead atoms. The van der Waals surface area contributed by atoms with Gasteiger partial charge in [0.15, 0.2) is 0 Å². The van der Waals surface area contributed by atoms with Gasteiger partial charge in [-0.15, -0.1) is 0 Å². The Morgan fingerprint density at radius 1 is 0.380 bits per heavy atom. The first-order chi connectivity index (χ1) is 35.0. The van der Waals surface area contributed by atoms with Crippen LogP contribution in [-0.4, -0.2) is 47.4 Å². The highest BCUT2D eigenvalue weighted by Gasteiger charge is 2.18. The Bertz CT molecular complexity index is 1150. The van der Waals surface area contributed by atoms with Gasteiger partial charge in [-0.2, -0.15) is 0 Å². The van der Waals surface area contributed by atoms with Crippen LogP contribution in [0.5, 0.6) is 0 Å². The molecular weight excluding hydrogens is 875 g/mol. The predicted octanol–water partition coefficient (Wildman–Crippen LogP) is 20.0. The molecule has 1 amide bonds. The van der Waals surface area contributed by atoms with E-state index in [-0.39, 0.29) is 18.5 Å². The predicted molar refractivity (Wildman–Crippen MR) is 310 cm³/mol. The van der Waals surface area contributed by atoms with Crippen LogP contribution < -0.4 is 5.32 Å². The van der Waals surface area contributed by atoms with Gasteiger partial charge in [0, 0.05) is 12.8 Å². The summed E-state index contributed by atoms with van der Waals surface area (Å²) >= 11 is 0. The third kappa shape index (κ3) is 57.2. The van der Waals surface area contributed by atoms with Crippen LogP contribution in [0.2, 0.25) is 0 Å². The van der Waals surface area contributed by atoms with E-state index in [1.165, 1.54) is 270 Å². The first-order valence-electron chi connectivity index (χ1n) is 31.8. The average Bonchev–Trinajstić information content (AvgIpc) is 3.37. The van der Waals surface area contributed by atoms with Gasteiger partial charge < -0.3 is 20.3 Å². The third-order valence-corrected chi connectivity index (χ3v) is 14.6. The fourth-order valence-electron chi connectivity index (χ4n) is 9.74. The number of rotatable bonds is 59. The van der Waals surface area contributed by atoms with Crippen molar-refractivity contribution in [2.75, 3.05) is 13.2 Å². The molecule has 0 aromatic rings. The van der Waals surface area contributed by atoms with Gasteiger partial charge in [-0.05, 0) is 83.5 Å². The quantitative estimate of drug-likeness (QED) is 0.0321. The van der Waals surface area contributed by atoms with E-state index in [1.807, 2.05) is 6.08 Å². The van der Waals surface area contributed by atoms with Crippen LogP contribution in [0.4, 0.5) is 0 Å². The van der Waals surface area contributed by atoms with E-state index >= 15 is 0 Å². The zero-order chi connectivity index (χ0) is 51.4. The summed E-state index contributed by atoms with van der Waals surface area (Å²) in [4.78, 5) is 24.5. The van der Waals surface area contributed by atoms with Crippen LogP contribution in [0.1, 0.15) is 341 Å². The van der Waals surface area contributed by atoms with Gasteiger partial charge in [0.2, 0.25) is 5.91 Å². The largest absolute Gasteiger partial charge is 0.466 e. The Morgan fingerprint density at radius 3 is 1.01 bits per heavy atom. The standard InChI is InChI=1S/C65H123NO5/c1-3-5-7-9-11-13-15-34-39-43-47-51-55-59-65(70)71-60-56-52-48-44-40-36-33-31-29-27-25-23-21-19-17-18-20-22-24-26-28-30-32-35-38-42-46-50-54-58-64(69)66-62(61-67)63(68)57-53-49-45-41-37-16-14-12-10-8-6-4-2/h13,15,17,19,53,57,62-63,67-68H,3-12,14,16,18,20-52,54-56,58-61H2,1-2H3,(H,66,69)/b15-13-,19-17-,57-53+. The average molecular weight is 999 g/mol. The second-order valence-electron chi connectivity index (χ2n) is 21.7. The highest BCUT2D eigenvalue weighted by molar-refractivity contribution is 5.76. The number of nitrogens with one attached hydrogen (secondary N) is 1. The molecule has 418 valence electrons. The number of aliphatic hydroxyl groups excluding tert-OH is 2. The molecule has 2 unspecified atom stereocenters. The van der Waals surface area contributed by atoms with Gasteiger partial charge in [0.25, 0.3) is 0 Å². The van der Waals surface area contributed by atoms with E-state index < -0.39 is 12.1 Å². The molecular formula is C65H123NO5. The normalized spacial score (nSPS) is 12.8. The first kappa shape index (κ1) is 69.1. The lowest BCUT2D eigenvalue weighted by atomic mass is 10.0. The summed E-state index contributed by atoms with van der Waals surface area (Å²) in [6.07, 6.45) is 76.3. The highest BCUT2D eigenvalue weighted by Crippen LogP contribution is 2.17. The van der Waals surface area contributed by atoms with Gasteiger partial charge in [-0.3, -0.25) is 9.59 Å². The molecule has 0 aliphatic carbocycles. The molecule has 0 aromatic carbocycles. The van der Waals surface area contributed by atoms with Crippen molar-refractivity contribution >= 4 is 11.9 Å². The molecule has 0 radical (unpaired) electrons. The summed E-state index contributed by atoms with van der Waals surface area (Å²) in [5.41, 5.74) is 0. The Kier molecular flexibility index (Phi) is 59.0. The van der Waals surface area contributed by atoms with E-state index in [0.717, 1.165) is 44.9 Å². The van der Waals surface area contributed by atoms with Gasteiger partial charge in [-0.25, -0.2) is 0 Å². The SMILES string of the molecule is CCCCCC/C=C\CCCCCCCC(=O)OCCCCCCCCCCCCCC/C=C\CCCCCCCCCCCCCCCC(=O)NC(CO)C(O)/C=C/CCCCCCCCCCCC. The minimum Gasteiger partial charge on any atom is -0.466 e. The second-order valence-corrected chi connectivity index (χ2v) is 21.7. The molecule has 0 saturated heterocycles. The molecule has 6 nitrogen and oxygen atoms in total. The van der Waals surface area contributed by atoms with Crippen LogP contribution in [0.15, 0.2) is 36.5 Å². The van der Waals surface area contributed by atoms with Crippen LogP contribution in [0.25, 0.3) is 0 Å². The smallest absolute Gasteiger partial charge is 0.305 e. The minimum absolute atomic E-state index is 0.00677. The zero-order valence-corrected chi connectivity index (χ0v) is 47.7. The van der Waals surface area contributed by atoms with E-state index in [9.17, 15) is 19.8 Å². The molecule has 6 heteroatoms. The van der Waals surface area contributed by atoms with Crippen LogP contribution in [-0.2, 0) is 14.3 Å². The third-order valence-electron chi connectivity index (χ3n) is 14.6. The molecule has 2 atom stereocenters. The summed E-state index contributed by atoms with van der Waals surface area (Å²) in [7, 11) is 0. The summed E-state index contributed by atoms with van der Waals surface area (Å²) in [5, 5.41) is 23.1. The number of unbranched alkanes of at least 4 members (excludes halogenated alkanes) is 44. The molecule has 0 heterocycles. The summed E-state index contributed by atoms with van der Waals surface area (Å²) in [6.45, 7) is 4.89. The van der Waals surface area contributed by atoms with Gasteiger partial charge in [0.1, 0.15) is 0 Å². The Hall–Kier alpha value is -1.92. The van der Waals surface area contributed by atoms with Crippen molar-refractivity contribution in [1.82, 2.24) is 5.32 Å². The number of amides is 1. The molecule has 0 saturated carbocycles. The molecule has 3 N–H and O–H groups in total. The number of carbonyl (C=O) groups is 2. The Balaban J connectivity index is 3.38. The lowest BCUT2D eigenvalue weighted by Crippen LogP contribution is -2.45. The lowest BCUT2D eigenvalue weighted by molar-refractivity contribution is -0.143. The zero-order valence-electron chi connectivity index (χ0n) is 47.7. The van der Waals surface area contributed by atoms with Crippen molar-refractivity contribution in [2.45, 2.75) is 353 Å². The molecule has 0 fully saturated rings. The molecule has 0 spiro atoms. The van der Waals surface area contributed by atoms with Crippen molar-refractivity contribution < 1.29 is 24.5 Å². The van der Waals surface area contributed by atoms with E-state index in [4.69, 9.17) is 4.74 Å². The lowest BCUT2D eigenvalue weighted by Gasteiger charge is -2.20. The number of carbonyl (C=O) groups excluding carboxylic acids is 2. The maximum absolute atomic E-state index is 12.4. The molecule has 0 aliphatic rings. The van der Waals surface area contributed by atoms with Crippen molar-refractivity contribution in [2.24, 2.45) is 0 Å². The van der Waals surface area contributed by atoms with Crippen LogP contribution in [0.3, 0.4) is 0 Å². The van der Waals surface area contributed by atoms with E-state index in [0.29, 0.717) is 19.4 Å². The molecule has 71 heavy (non-hydrogen) atoms. The number of hydrogen-bond acceptors (Lipinski definition) is 5. The Morgan fingerprint density at radius 2 is 0.662 bits per heavy atom. The van der Waals surface area contributed by atoms with Crippen molar-refractivity contribution in [3.63, 3.8) is 0 Å². The van der Waals surface area contributed by atoms with Gasteiger partial charge >= 0.3 is 5.97 Å². The minimum atomic E-state index is -0.843. The highest BCUT2D eigenvalue weighted by atomic mass is 16.5. The van der Waals surface area contributed by atoms with Crippen LogP contribution >= 0.6 is 0 Å². The molecule has 0 aromatic heterocycles. The first-order valence-corrected chi connectivity index (χ1v) is 31.8. The number of hydrogen-bond donors (Lipinski definition) is 3. The maximum atomic E-state index is 12.4. The van der Waals surface area contributed by atoms with Crippen molar-refractivity contribution in [3.05, 3.63) is 36.5 Å². The van der Waals surface area contributed by atoms with E-state index in [1.54, 1.807) is 6.08 Å². The molecule has 0 rings (SSSR count). The van der Waals surface area contributed by atoms with Crippen molar-refractivity contribution in [3.8, 4) is 0 Å². The topological polar surface area (TPSA) is 95.9 Å². The second kappa shape index (κ2) is 60.6. The van der Waals surface area contributed by atoms with E-state index in [2.05, 4.69) is 43.5 Å². The van der Waals surface area contributed by atoms with Crippen LogP contribution in [0, 0.1) is 0 Å². The summed E-state index contributed by atoms with van der Waals surface area (Å²) in [5.74, 6) is -0.0604. The maximum Gasteiger partial charge on any atom is 0.305 e. The Labute approximate surface area is 443 Å². The number of ether oxygens (including phenoxy) is 1. The van der Waals surface area contributed by atoms with Gasteiger partial charge in [0.05, 0.1) is 25.4 Å². The fourth-order valence-corrected chi connectivity index (χ4v) is 9.74. The number of aliphatic hydroxyl groups is 2. The molecule has 0 aliphatic heterocycles. The summed E-state index contributed by atoms with van der Waals surface area (Å²) in [6, 6.07) is -0.626. The monoisotopic (exact) mass is 998 g/mol. The number of allylic oxidation sites excluding steroid dienone is 5. The number of esters is 1. The fraction of sp³-hybridized carbons (Fsp3) is 0.877. The van der Waals surface area contributed by atoms with Crippen molar-refractivity contribution in [1.29, 1.82) is 0 Å². The van der Waals surface area contributed by atoms with Gasteiger partial charge in [-0.1, -0.05) is 281 Å². The summed E-state index contributed by atoms with van der Waals surface area (Å²) < 4.78 is 5.47.